The average molecular weight is 388 g/mol. The molecule has 1 unspecified atom stereocenters. The lowest BCUT2D eigenvalue weighted by molar-refractivity contribution is -0.126. The van der Waals surface area contributed by atoms with E-state index in [0.29, 0.717) is 37.5 Å². The zero-order chi connectivity index (χ0) is 18.6. The Bertz CT molecular complexity index is 684. The predicted molar refractivity (Wildman–Crippen MR) is 100 cm³/mol. The number of carbonyl (C=O) groups is 1. The Morgan fingerprint density at radius 1 is 1.28 bits per heavy atom. The minimum atomic E-state index is -3.17. The minimum absolute atomic E-state index is 0.00559. The monoisotopic (exact) mass is 387 g/mol. The van der Waals surface area contributed by atoms with Crippen molar-refractivity contribution in [1.82, 2.24) is 14.5 Å². The second-order valence-electron chi connectivity index (χ2n) is 6.71. The van der Waals surface area contributed by atoms with Gasteiger partial charge in [-0.3, -0.25) is 4.79 Å². The molecule has 1 aromatic carbocycles. The standard InChI is InChI=1S/C17H26ClN3O3S/c1-20(2)16(13-4-6-15(18)7-5-13)12-19-17(22)14-8-10-21(11-9-14)25(3,23)24/h4-7,14,16H,8-12H2,1-3H3,(H,19,22). The molecule has 0 aromatic heterocycles. The maximum absolute atomic E-state index is 12.4. The number of piperidine rings is 1. The first-order valence-electron chi connectivity index (χ1n) is 8.33. The van der Waals surface area contributed by atoms with Crippen LogP contribution in [0.4, 0.5) is 0 Å². The second kappa shape index (κ2) is 8.49. The summed E-state index contributed by atoms with van der Waals surface area (Å²) in [7, 11) is 0.769. The molecule has 1 atom stereocenters. The van der Waals surface area contributed by atoms with Gasteiger partial charge in [0.2, 0.25) is 15.9 Å². The lowest BCUT2D eigenvalue weighted by Crippen LogP contribution is -2.44. The highest BCUT2D eigenvalue weighted by Gasteiger charge is 2.29. The first kappa shape index (κ1) is 20.2. The quantitative estimate of drug-likeness (QED) is 0.807. The maximum atomic E-state index is 12.4. The van der Waals surface area contributed by atoms with Crippen molar-refractivity contribution in [1.29, 1.82) is 0 Å². The number of rotatable bonds is 6. The van der Waals surface area contributed by atoms with Crippen molar-refractivity contribution in [3.63, 3.8) is 0 Å². The van der Waals surface area contributed by atoms with E-state index >= 15 is 0 Å². The number of halogens is 1. The van der Waals surface area contributed by atoms with Crippen LogP contribution in [0.25, 0.3) is 0 Å². The summed E-state index contributed by atoms with van der Waals surface area (Å²) in [6.45, 7) is 1.32. The summed E-state index contributed by atoms with van der Waals surface area (Å²) in [5, 5.41) is 3.70. The number of nitrogens with zero attached hydrogens (tertiary/aromatic N) is 2. The lowest BCUT2D eigenvalue weighted by Gasteiger charge is -2.30. The molecule has 1 aliphatic rings. The first-order valence-corrected chi connectivity index (χ1v) is 10.6. The van der Waals surface area contributed by atoms with Gasteiger partial charge in [0.15, 0.2) is 0 Å². The number of benzene rings is 1. The molecule has 0 aliphatic carbocycles. The molecule has 1 N–H and O–H groups in total. The molecular formula is C17H26ClN3O3S. The fraction of sp³-hybridized carbons (Fsp3) is 0.588. The van der Waals surface area contributed by atoms with Gasteiger partial charge < -0.3 is 10.2 Å². The highest BCUT2D eigenvalue weighted by atomic mass is 35.5. The summed E-state index contributed by atoms with van der Waals surface area (Å²) >= 11 is 5.94. The first-order chi connectivity index (χ1) is 11.7. The molecule has 1 amide bonds. The number of hydrogen-bond acceptors (Lipinski definition) is 4. The summed E-state index contributed by atoms with van der Waals surface area (Å²) in [4.78, 5) is 14.5. The van der Waals surface area contributed by atoms with Crippen LogP contribution >= 0.6 is 11.6 Å². The van der Waals surface area contributed by atoms with Crippen molar-refractivity contribution in [3.05, 3.63) is 34.9 Å². The Morgan fingerprint density at radius 2 is 1.84 bits per heavy atom. The van der Waals surface area contributed by atoms with Crippen LogP contribution in [0, 0.1) is 5.92 Å². The smallest absolute Gasteiger partial charge is 0.223 e. The van der Waals surface area contributed by atoms with E-state index < -0.39 is 10.0 Å². The molecule has 0 saturated carbocycles. The third-order valence-corrected chi connectivity index (χ3v) is 6.20. The number of nitrogens with one attached hydrogen (secondary N) is 1. The number of hydrogen-bond donors (Lipinski definition) is 1. The minimum Gasteiger partial charge on any atom is -0.354 e. The number of amides is 1. The Hall–Kier alpha value is -1.15. The Kier molecular flexibility index (Phi) is 6.85. The third kappa shape index (κ3) is 5.67. The second-order valence-corrected chi connectivity index (χ2v) is 9.13. The van der Waals surface area contributed by atoms with Gasteiger partial charge in [0.1, 0.15) is 0 Å². The molecular weight excluding hydrogens is 362 g/mol. The van der Waals surface area contributed by atoms with E-state index in [1.165, 1.54) is 10.6 Å². The average Bonchev–Trinajstić information content (AvgIpc) is 2.55. The highest BCUT2D eigenvalue weighted by Crippen LogP contribution is 2.22. The van der Waals surface area contributed by atoms with Gasteiger partial charge in [-0.2, -0.15) is 0 Å². The van der Waals surface area contributed by atoms with Crippen LogP contribution in [-0.4, -0.2) is 63.5 Å². The van der Waals surface area contributed by atoms with E-state index in [1.807, 2.05) is 38.4 Å². The highest BCUT2D eigenvalue weighted by molar-refractivity contribution is 7.88. The summed E-state index contributed by atoms with van der Waals surface area (Å²) < 4.78 is 24.5. The zero-order valence-electron chi connectivity index (χ0n) is 14.9. The lowest BCUT2D eigenvalue weighted by atomic mass is 9.97. The number of sulfonamides is 1. The zero-order valence-corrected chi connectivity index (χ0v) is 16.5. The Morgan fingerprint density at radius 3 is 2.32 bits per heavy atom. The van der Waals surface area contributed by atoms with E-state index in [4.69, 9.17) is 11.6 Å². The molecule has 0 bridgehead atoms. The van der Waals surface area contributed by atoms with Gasteiger partial charge in [-0.15, -0.1) is 0 Å². The Labute approximate surface area is 155 Å². The molecule has 0 radical (unpaired) electrons. The molecule has 1 heterocycles. The van der Waals surface area contributed by atoms with E-state index in [9.17, 15) is 13.2 Å². The largest absolute Gasteiger partial charge is 0.354 e. The van der Waals surface area contributed by atoms with E-state index in [2.05, 4.69) is 10.2 Å². The van der Waals surface area contributed by atoms with Gasteiger partial charge in [0.05, 0.1) is 12.3 Å². The van der Waals surface area contributed by atoms with Crippen molar-refractivity contribution in [2.24, 2.45) is 5.92 Å². The molecule has 1 saturated heterocycles. The van der Waals surface area contributed by atoms with E-state index in [1.54, 1.807) is 0 Å². The van der Waals surface area contributed by atoms with Crippen LogP contribution in [0.2, 0.25) is 5.02 Å². The van der Waals surface area contributed by atoms with Crippen molar-refractivity contribution in [2.75, 3.05) is 40.0 Å². The van der Waals surface area contributed by atoms with E-state index in [0.717, 1.165) is 5.56 Å². The summed E-state index contributed by atoms with van der Waals surface area (Å²) in [6, 6.07) is 7.66. The maximum Gasteiger partial charge on any atom is 0.223 e. The summed E-state index contributed by atoms with van der Waals surface area (Å²) in [6.07, 6.45) is 2.33. The van der Waals surface area contributed by atoms with Crippen LogP contribution in [0.5, 0.6) is 0 Å². The number of carbonyl (C=O) groups excluding carboxylic acids is 1. The predicted octanol–water partition coefficient (Wildman–Crippen LogP) is 1.73. The van der Waals surface area contributed by atoms with Crippen molar-refractivity contribution in [3.8, 4) is 0 Å². The fourth-order valence-corrected chi connectivity index (χ4v) is 4.07. The van der Waals surface area contributed by atoms with Gasteiger partial charge >= 0.3 is 0 Å². The molecule has 0 spiro atoms. The van der Waals surface area contributed by atoms with Gasteiger partial charge in [0, 0.05) is 30.6 Å². The van der Waals surface area contributed by atoms with Gasteiger partial charge in [-0.1, -0.05) is 23.7 Å². The summed E-state index contributed by atoms with van der Waals surface area (Å²) in [5.74, 6) is -0.139. The van der Waals surface area contributed by atoms with Crippen LogP contribution in [-0.2, 0) is 14.8 Å². The van der Waals surface area contributed by atoms with Gasteiger partial charge in [-0.25, -0.2) is 12.7 Å². The molecule has 8 heteroatoms. The van der Waals surface area contributed by atoms with Crippen molar-refractivity contribution >= 4 is 27.5 Å². The van der Waals surface area contributed by atoms with Crippen LogP contribution < -0.4 is 5.32 Å². The molecule has 25 heavy (non-hydrogen) atoms. The molecule has 1 aliphatic heterocycles. The van der Waals surface area contributed by atoms with Crippen molar-refractivity contribution < 1.29 is 13.2 Å². The molecule has 1 aromatic rings. The number of likely N-dealkylation sites (N-methyl/N-ethyl adjacent to an activating group) is 1. The normalized spacial score (nSPS) is 18.3. The third-order valence-electron chi connectivity index (χ3n) is 4.64. The Balaban J connectivity index is 1.90. The van der Waals surface area contributed by atoms with Crippen molar-refractivity contribution in [2.45, 2.75) is 18.9 Å². The van der Waals surface area contributed by atoms with Gasteiger partial charge in [0.25, 0.3) is 0 Å². The molecule has 140 valence electrons. The SMILES string of the molecule is CN(C)C(CNC(=O)C1CCN(S(C)(=O)=O)CC1)c1ccc(Cl)cc1. The fourth-order valence-electron chi connectivity index (χ4n) is 3.07. The summed E-state index contributed by atoms with van der Waals surface area (Å²) in [5.41, 5.74) is 1.08. The molecule has 2 rings (SSSR count). The van der Waals surface area contributed by atoms with Crippen LogP contribution in [0.15, 0.2) is 24.3 Å². The van der Waals surface area contributed by atoms with E-state index in [-0.39, 0.29) is 17.9 Å². The topological polar surface area (TPSA) is 69.7 Å². The van der Waals surface area contributed by atoms with Crippen LogP contribution in [0.1, 0.15) is 24.4 Å². The molecule has 1 fully saturated rings. The van der Waals surface area contributed by atoms with Crippen LogP contribution in [0.3, 0.4) is 0 Å². The van der Waals surface area contributed by atoms with Gasteiger partial charge in [-0.05, 0) is 44.6 Å². The molecule has 6 nitrogen and oxygen atoms in total.